The molecule has 2 aliphatic carbocycles. The van der Waals surface area contributed by atoms with E-state index in [2.05, 4.69) is 96.3 Å². The summed E-state index contributed by atoms with van der Waals surface area (Å²) in [7, 11) is 6.71. The van der Waals surface area contributed by atoms with Gasteiger partial charge < -0.3 is 47.9 Å². The summed E-state index contributed by atoms with van der Waals surface area (Å²) in [6.07, 6.45) is 17.5. The molecule has 2 unspecified atom stereocenters. The van der Waals surface area contributed by atoms with Crippen LogP contribution >= 0.6 is 15.9 Å². The van der Waals surface area contributed by atoms with Crippen molar-refractivity contribution >= 4 is 40.6 Å². The molecule has 2 atom stereocenters. The first-order valence-corrected chi connectivity index (χ1v) is 31.8. The highest BCUT2D eigenvalue weighted by atomic mass is 79.9. The first-order valence-electron chi connectivity index (χ1n) is 31.0. The molecular formula is C68H86BBrN6O12. The molecule has 2 aromatic carbocycles. The molecule has 5 aliphatic rings. The van der Waals surface area contributed by atoms with Crippen molar-refractivity contribution in [3.05, 3.63) is 157 Å². The van der Waals surface area contributed by atoms with Crippen molar-refractivity contribution in [2.75, 3.05) is 53.9 Å². The summed E-state index contributed by atoms with van der Waals surface area (Å²) in [6, 6.07) is 24.1. The summed E-state index contributed by atoms with van der Waals surface area (Å²) >= 11 is 3.48. The highest BCUT2D eigenvalue weighted by Crippen LogP contribution is 2.40. The summed E-state index contributed by atoms with van der Waals surface area (Å²) in [6.45, 7) is 12.0. The Morgan fingerprint density at radius 1 is 0.614 bits per heavy atom. The van der Waals surface area contributed by atoms with Gasteiger partial charge in [-0.1, -0.05) is 46.3 Å². The zero-order valence-electron chi connectivity index (χ0n) is 52.4. The highest BCUT2D eigenvalue weighted by molar-refractivity contribution is 9.10. The number of pyridine rings is 2. The molecule has 0 bridgehead atoms. The molecular weight excluding hydrogens is 1180 g/mol. The average molecular weight is 1270 g/mol. The Labute approximate surface area is 526 Å². The number of carboxylic acids is 2. The van der Waals surface area contributed by atoms with Gasteiger partial charge in [0.05, 0.1) is 89.3 Å². The molecule has 1 fully saturated rings. The van der Waals surface area contributed by atoms with Gasteiger partial charge in [-0.25, -0.2) is 9.36 Å². The largest absolute Gasteiger partial charge is 0.496 e. The summed E-state index contributed by atoms with van der Waals surface area (Å²) in [5, 5.41) is 28.5. The lowest BCUT2D eigenvalue weighted by molar-refractivity contribution is -0.138. The number of hydrogen-bond donors (Lipinski definition) is 2. The van der Waals surface area contributed by atoms with Crippen molar-refractivity contribution in [3.63, 3.8) is 0 Å². The van der Waals surface area contributed by atoms with Crippen LogP contribution in [0.4, 0.5) is 0 Å². The van der Waals surface area contributed by atoms with Crippen molar-refractivity contribution in [1.29, 1.82) is 0 Å². The zero-order chi connectivity index (χ0) is 62.4. The van der Waals surface area contributed by atoms with E-state index in [1.54, 1.807) is 23.6 Å². The second-order valence-electron chi connectivity index (χ2n) is 24.2. The molecule has 18 nitrogen and oxygen atoms in total. The third-order valence-corrected chi connectivity index (χ3v) is 17.9. The third kappa shape index (κ3) is 17.5. The SMILES string of the molecule is CC1(C)OB(C2=CCOCC2)OC1(C)C.COc1ccc(Br)cc1C(CC(=O)O)Cc1cc(OCCc2ccc3c(n2)CCCC3)n(C)n1.COc1ccc(C2=CCOCC2)cc1C(CC(=O)O)Cc1cc(OCCc2ccc3c(n2)CCCC3)n(C)n1. The number of aryl methyl sites for hydroxylation is 6. The van der Waals surface area contributed by atoms with E-state index in [0.29, 0.717) is 69.1 Å². The quantitative estimate of drug-likeness (QED) is 0.0606. The van der Waals surface area contributed by atoms with Gasteiger partial charge in [0.15, 0.2) is 0 Å². The molecule has 470 valence electrons. The van der Waals surface area contributed by atoms with Gasteiger partial charge in [0.2, 0.25) is 11.8 Å². The van der Waals surface area contributed by atoms with Gasteiger partial charge >= 0.3 is 19.1 Å². The second-order valence-corrected chi connectivity index (χ2v) is 25.1. The van der Waals surface area contributed by atoms with Crippen molar-refractivity contribution in [2.24, 2.45) is 14.1 Å². The predicted octanol–water partition coefficient (Wildman–Crippen LogP) is 11.8. The predicted molar refractivity (Wildman–Crippen MR) is 341 cm³/mol. The summed E-state index contributed by atoms with van der Waals surface area (Å²) < 4.78 is 50.2. The van der Waals surface area contributed by atoms with Gasteiger partial charge in [0.25, 0.3) is 0 Å². The molecule has 6 aromatic rings. The van der Waals surface area contributed by atoms with E-state index in [1.165, 1.54) is 59.2 Å². The minimum Gasteiger partial charge on any atom is -0.496 e. The number of aliphatic carboxylic acids is 2. The maximum absolute atomic E-state index is 11.9. The number of nitrogens with zero attached hydrogens (tertiary/aromatic N) is 6. The molecule has 11 rings (SSSR count). The lowest BCUT2D eigenvalue weighted by atomic mass is 9.75. The molecule has 7 heterocycles. The van der Waals surface area contributed by atoms with Gasteiger partial charge in [-0.2, -0.15) is 10.2 Å². The van der Waals surface area contributed by atoms with Crippen molar-refractivity contribution < 1.29 is 57.5 Å². The van der Waals surface area contributed by atoms with Crippen LogP contribution in [-0.4, -0.2) is 124 Å². The maximum Gasteiger partial charge on any atom is 0.490 e. The molecule has 4 aromatic heterocycles. The van der Waals surface area contributed by atoms with Crippen LogP contribution in [0.15, 0.2) is 94.9 Å². The molecule has 1 saturated heterocycles. The van der Waals surface area contributed by atoms with Crippen molar-refractivity contribution in [2.45, 2.75) is 153 Å². The topological polar surface area (TPSA) is 210 Å². The van der Waals surface area contributed by atoms with E-state index in [-0.39, 0.29) is 43.0 Å². The number of benzene rings is 2. The summed E-state index contributed by atoms with van der Waals surface area (Å²) in [5.74, 6) is 0.350. The number of ether oxygens (including phenoxy) is 6. The summed E-state index contributed by atoms with van der Waals surface area (Å²) in [4.78, 5) is 33.1. The Hall–Kier alpha value is -6.84. The van der Waals surface area contributed by atoms with E-state index in [1.807, 2.05) is 56.6 Å². The lowest BCUT2D eigenvalue weighted by Gasteiger charge is -2.32. The fraction of sp³-hybridized carbons (Fsp3) is 0.500. The number of methoxy groups -OCH3 is 2. The molecule has 0 spiro atoms. The molecule has 0 amide bonds. The van der Waals surface area contributed by atoms with Gasteiger partial charge in [-0.3, -0.25) is 19.6 Å². The Kier molecular flexibility index (Phi) is 22.8. The highest BCUT2D eigenvalue weighted by Gasteiger charge is 2.52. The Bertz CT molecular complexity index is 3410. The Balaban J connectivity index is 0.000000171. The van der Waals surface area contributed by atoms with Crippen LogP contribution < -0.4 is 18.9 Å². The van der Waals surface area contributed by atoms with E-state index >= 15 is 0 Å². The van der Waals surface area contributed by atoms with Gasteiger partial charge in [-0.05, 0) is 186 Å². The molecule has 0 radical (unpaired) electrons. The smallest absolute Gasteiger partial charge is 0.490 e. The van der Waals surface area contributed by atoms with Crippen molar-refractivity contribution in [3.8, 4) is 23.3 Å². The molecule has 88 heavy (non-hydrogen) atoms. The normalized spacial score (nSPS) is 17.3. The first kappa shape index (κ1) is 65.6. The van der Waals surface area contributed by atoms with Crippen LogP contribution in [0.2, 0.25) is 0 Å². The standard InChI is InChI=1S/C31H37N3O5.C26H30BrN3O4.C11H19BO3/c1-34-30(39-16-13-25-9-7-22-5-3-4-6-28(22)32-25)20-26(33-34)17-24(19-31(35)36)27-18-23(8-10-29(27)37-2)21-11-14-38-15-12-21;1-30-25(34-12-11-20-9-7-17-5-3-4-6-23(17)28-20)16-21(29-30)13-18(14-26(31)32)22-15-19(27)8-10-24(22)33-2;1-10(2)11(3,4)15-12(14-10)9-5-7-13-8-6-9/h7-11,18,20,24H,3-6,12-17,19H2,1-2H3,(H,35,36);7-10,15-16,18H,3-6,11-14H2,1-2H3,(H,31,32);5H,6-8H2,1-4H3. The minimum atomic E-state index is -0.864. The van der Waals surface area contributed by atoms with Crippen LogP contribution in [0.5, 0.6) is 23.3 Å². The number of aromatic nitrogens is 6. The fourth-order valence-corrected chi connectivity index (χ4v) is 12.2. The zero-order valence-corrected chi connectivity index (χ0v) is 54.0. The number of halogens is 1. The molecule has 0 saturated carbocycles. The van der Waals surface area contributed by atoms with Gasteiger partial charge in [0.1, 0.15) is 11.5 Å². The Morgan fingerprint density at radius 3 is 1.58 bits per heavy atom. The van der Waals surface area contributed by atoms with Crippen LogP contribution in [-0.2, 0) is 93.8 Å². The second kappa shape index (κ2) is 30.6. The van der Waals surface area contributed by atoms with Crippen LogP contribution in [0.25, 0.3) is 5.57 Å². The van der Waals surface area contributed by atoms with Crippen LogP contribution in [0.1, 0.15) is 153 Å². The molecule has 20 heteroatoms. The monoisotopic (exact) mass is 1270 g/mol. The van der Waals surface area contributed by atoms with E-state index in [0.717, 1.165) is 102 Å². The minimum absolute atomic E-state index is 0.0242. The third-order valence-electron chi connectivity index (χ3n) is 17.4. The van der Waals surface area contributed by atoms with E-state index in [9.17, 15) is 19.8 Å². The maximum atomic E-state index is 11.9. The molecule has 3 aliphatic heterocycles. The van der Waals surface area contributed by atoms with E-state index < -0.39 is 11.9 Å². The van der Waals surface area contributed by atoms with Gasteiger partial charge in [-0.15, -0.1) is 0 Å². The number of hydrogen-bond acceptors (Lipinski definition) is 14. The first-order chi connectivity index (χ1) is 42.3. The van der Waals surface area contributed by atoms with Crippen molar-refractivity contribution in [1.82, 2.24) is 29.5 Å². The van der Waals surface area contributed by atoms with Crippen LogP contribution in [0.3, 0.4) is 0 Å². The number of fused-ring (bicyclic) bond motifs is 2. The fourth-order valence-electron chi connectivity index (χ4n) is 11.9. The lowest BCUT2D eigenvalue weighted by Crippen LogP contribution is -2.41. The number of carbonyl (C=O) groups is 2. The van der Waals surface area contributed by atoms with E-state index in [4.69, 9.17) is 47.7 Å². The Morgan fingerprint density at radius 2 is 1.10 bits per heavy atom. The van der Waals surface area contributed by atoms with Crippen LogP contribution in [0, 0.1) is 0 Å². The number of carboxylic acid groups (broad SMARTS) is 2. The average Bonchev–Trinajstić information content (AvgIpc) is 1.97. The summed E-state index contributed by atoms with van der Waals surface area (Å²) in [5.41, 5.74) is 13.6. The van der Waals surface area contributed by atoms with Gasteiger partial charge in [0, 0.05) is 78.2 Å². The molecule has 2 N–H and O–H groups in total. The number of rotatable bonds is 22.